The highest BCUT2D eigenvalue weighted by atomic mass is 16.4. The smallest absolute Gasteiger partial charge is 0.307 e. The van der Waals surface area contributed by atoms with Crippen LogP contribution >= 0.6 is 0 Å². The molecule has 1 atom stereocenters. The summed E-state index contributed by atoms with van der Waals surface area (Å²) in [5, 5.41) is 9.21. The van der Waals surface area contributed by atoms with Crippen molar-refractivity contribution in [3.63, 3.8) is 0 Å². The quantitative estimate of drug-likeness (QED) is 0.827. The average Bonchev–Trinajstić information content (AvgIpc) is 3.46. The highest BCUT2D eigenvalue weighted by Crippen LogP contribution is 2.59. The van der Waals surface area contributed by atoms with Gasteiger partial charge in [-0.1, -0.05) is 30.3 Å². The zero-order valence-electron chi connectivity index (χ0n) is 16.9. The number of piperidine rings is 2. The number of carboxylic acids is 1. The lowest BCUT2D eigenvalue weighted by Crippen LogP contribution is -2.47. The first-order valence-electron chi connectivity index (χ1n) is 10.8. The first-order chi connectivity index (χ1) is 14.0. The van der Waals surface area contributed by atoms with E-state index in [4.69, 9.17) is 0 Å². The fourth-order valence-corrected chi connectivity index (χ4v) is 5.11. The molecule has 3 aliphatic rings. The number of carbonyl (C=O) groups excluding carboxylic acids is 2. The van der Waals surface area contributed by atoms with Gasteiger partial charge in [0.05, 0.1) is 5.92 Å². The molecule has 0 radical (unpaired) electrons. The summed E-state index contributed by atoms with van der Waals surface area (Å²) in [4.78, 5) is 40.4. The van der Waals surface area contributed by atoms with E-state index in [9.17, 15) is 19.5 Å². The molecule has 4 rings (SSSR count). The van der Waals surface area contributed by atoms with Gasteiger partial charge in [0.1, 0.15) is 0 Å². The highest BCUT2D eigenvalue weighted by Gasteiger charge is 2.59. The van der Waals surface area contributed by atoms with Crippen molar-refractivity contribution in [1.82, 2.24) is 9.80 Å². The summed E-state index contributed by atoms with van der Waals surface area (Å²) < 4.78 is 0. The van der Waals surface area contributed by atoms with Gasteiger partial charge in [-0.15, -0.1) is 0 Å². The van der Waals surface area contributed by atoms with Gasteiger partial charge in [0, 0.05) is 38.5 Å². The van der Waals surface area contributed by atoms with Crippen LogP contribution in [0, 0.1) is 17.3 Å². The molecule has 1 unspecified atom stereocenters. The third kappa shape index (κ3) is 4.31. The van der Waals surface area contributed by atoms with Crippen LogP contribution in [-0.2, 0) is 20.8 Å². The third-order valence-electron chi connectivity index (χ3n) is 7.23. The number of aliphatic carboxylic acids is 1. The van der Waals surface area contributed by atoms with Crippen LogP contribution in [0.5, 0.6) is 0 Å². The molecule has 2 heterocycles. The van der Waals surface area contributed by atoms with Crippen LogP contribution in [0.15, 0.2) is 30.3 Å². The SMILES string of the molecule is O=C(O)C1CC12CCN(C(=O)C1CCN(C(=O)CCc3ccccc3)CC1)CC2. The van der Waals surface area contributed by atoms with E-state index in [2.05, 4.69) is 0 Å². The number of nitrogens with zero attached hydrogens (tertiary/aromatic N) is 2. The highest BCUT2D eigenvalue weighted by molar-refractivity contribution is 5.81. The van der Waals surface area contributed by atoms with Crippen molar-refractivity contribution in [3.8, 4) is 0 Å². The van der Waals surface area contributed by atoms with E-state index < -0.39 is 5.97 Å². The van der Waals surface area contributed by atoms with Crippen molar-refractivity contribution < 1.29 is 19.5 Å². The molecule has 0 bridgehead atoms. The Morgan fingerprint density at radius 2 is 1.62 bits per heavy atom. The maximum Gasteiger partial charge on any atom is 0.307 e. The molecule has 156 valence electrons. The molecule has 1 saturated carbocycles. The van der Waals surface area contributed by atoms with E-state index in [1.165, 1.54) is 5.56 Å². The molecule has 29 heavy (non-hydrogen) atoms. The molecule has 1 aromatic carbocycles. The first-order valence-corrected chi connectivity index (χ1v) is 10.8. The predicted molar refractivity (Wildman–Crippen MR) is 108 cm³/mol. The van der Waals surface area contributed by atoms with E-state index >= 15 is 0 Å². The molecule has 3 fully saturated rings. The van der Waals surface area contributed by atoms with Gasteiger partial charge < -0.3 is 14.9 Å². The number of benzene rings is 1. The Hall–Kier alpha value is -2.37. The Labute approximate surface area is 171 Å². The van der Waals surface area contributed by atoms with Gasteiger partial charge in [0.25, 0.3) is 0 Å². The minimum Gasteiger partial charge on any atom is -0.481 e. The van der Waals surface area contributed by atoms with Crippen LogP contribution in [0.4, 0.5) is 0 Å². The predicted octanol–water partition coefficient (Wildman–Crippen LogP) is 2.57. The Balaban J connectivity index is 1.20. The Kier molecular flexibility index (Phi) is 5.61. The van der Waals surface area contributed by atoms with Gasteiger partial charge >= 0.3 is 5.97 Å². The van der Waals surface area contributed by atoms with Gasteiger partial charge in [0.15, 0.2) is 0 Å². The zero-order chi connectivity index (χ0) is 20.4. The van der Waals surface area contributed by atoms with Gasteiger partial charge in [-0.3, -0.25) is 14.4 Å². The van der Waals surface area contributed by atoms with Crippen LogP contribution in [0.2, 0.25) is 0 Å². The van der Waals surface area contributed by atoms with Gasteiger partial charge in [-0.2, -0.15) is 0 Å². The van der Waals surface area contributed by atoms with Crippen LogP contribution in [0.1, 0.15) is 44.1 Å². The monoisotopic (exact) mass is 398 g/mol. The second-order valence-corrected chi connectivity index (χ2v) is 8.92. The number of likely N-dealkylation sites (tertiary alicyclic amines) is 2. The summed E-state index contributed by atoms with van der Waals surface area (Å²) >= 11 is 0. The van der Waals surface area contributed by atoms with Crippen LogP contribution in [0.25, 0.3) is 0 Å². The van der Waals surface area contributed by atoms with Gasteiger partial charge in [-0.25, -0.2) is 0 Å². The van der Waals surface area contributed by atoms with Crippen LogP contribution in [-0.4, -0.2) is 58.9 Å². The van der Waals surface area contributed by atoms with Crippen LogP contribution < -0.4 is 0 Å². The van der Waals surface area contributed by atoms with E-state index in [0.29, 0.717) is 32.6 Å². The van der Waals surface area contributed by atoms with Gasteiger partial charge in [-0.05, 0) is 49.5 Å². The maximum atomic E-state index is 12.9. The molecule has 1 N–H and O–H groups in total. The standard InChI is InChI=1S/C23H30N2O4/c26-20(7-6-17-4-2-1-3-5-17)24-12-8-18(9-13-24)21(27)25-14-10-23(11-15-25)16-19(23)22(28)29/h1-5,18-19H,6-16H2,(H,28,29). The molecule has 1 aromatic rings. The van der Waals surface area contributed by atoms with E-state index in [-0.39, 0.29) is 29.1 Å². The van der Waals surface area contributed by atoms with Gasteiger partial charge in [0.2, 0.25) is 11.8 Å². The second kappa shape index (κ2) is 8.17. The normalized spacial score (nSPS) is 23.8. The lowest BCUT2D eigenvalue weighted by atomic mass is 9.88. The summed E-state index contributed by atoms with van der Waals surface area (Å²) in [6, 6.07) is 10.0. The first kappa shape index (κ1) is 19.9. The lowest BCUT2D eigenvalue weighted by Gasteiger charge is -2.37. The molecule has 6 heteroatoms. The fraction of sp³-hybridized carbons (Fsp3) is 0.609. The molecular formula is C23H30N2O4. The van der Waals surface area contributed by atoms with Crippen molar-refractivity contribution in [2.24, 2.45) is 17.3 Å². The van der Waals surface area contributed by atoms with Crippen molar-refractivity contribution >= 4 is 17.8 Å². The number of amides is 2. The minimum atomic E-state index is -0.686. The van der Waals surface area contributed by atoms with E-state index in [1.54, 1.807) is 0 Å². The number of rotatable bonds is 5. The average molecular weight is 399 g/mol. The van der Waals surface area contributed by atoms with E-state index in [1.807, 2.05) is 40.1 Å². The molecule has 1 spiro atoms. The second-order valence-electron chi connectivity index (χ2n) is 8.92. The van der Waals surface area contributed by atoms with Crippen molar-refractivity contribution in [3.05, 3.63) is 35.9 Å². The Morgan fingerprint density at radius 3 is 2.21 bits per heavy atom. The zero-order valence-corrected chi connectivity index (χ0v) is 16.9. The molecule has 0 aromatic heterocycles. The lowest BCUT2D eigenvalue weighted by molar-refractivity contribution is -0.142. The fourth-order valence-electron chi connectivity index (χ4n) is 5.11. The number of hydrogen-bond donors (Lipinski definition) is 1. The number of carbonyl (C=O) groups is 3. The molecular weight excluding hydrogens is 368 g/mol. The van der Waals surface area contributed by atoms with Crippen molar-refractivity contribution in [2.75, 3.05) is 26.2 Å². The van der Waals surface area contributed by atoms with Crippen molar-refractivity contribution in [2.45, 2.75) is 44.9 Å². The van der Waals surface area contributed by atoms with E-state index in [0.717, 1.165) is 38.5 Å². The summed E-state index contributed by atoms with van der Waals surface area (Å²) in [7, 11) is 0. The summed E-state index contributed by atoms with van der Waals surface area (Å²) in [6.07, 6.45) is 5.13. The van der Waals surface area contributed by atoms with Crippen molar-refractivity contribution in [1.29, 1.82) is 0 Å². The molecule has 2 saturated heterocycles. The largest absolute Gasteiger partial charge is 0.481 e. The third-order valence-corrected chi connectivity index (χ3v) is 7.23. The Morgan fingerprint density at radius 1 is 0.966 bits per heavy atom. The topological polar surface area (TPSA) is 77.9 Å². The number of aryl methyl sites for hydroxylation is 1. The summed E-state index contributed by atoms with van der Waals surface area (Å²) in [5.74, 6) is -0.521. The minimum absolute atomic E-state index is 0.00306. The Bertz CT molecular complexity index is 762. The summed E-state index contributed by atoms with van der Waals surface area (Å²) in [5.41, 5.74) is 1.13. The molecule has 6 nitrogen and oxygen atoms in total. The molecule has 2 amide bonds. The summed E-state index contributed by atoms with van der Waals surface area (Å²) in [6.45, 7) is 2.67. The number of hydrogen-bond acceptors (Lipinski definition) is 3. The van der Waals surface area contributed by atoms with Crippen LogP contribution in [0.3, 0.4) is 0 Å². The maximum absolute atomic E-state index is 12.9. The molecule has 1 aliphatic carbocycles. The number of carboxylic acid groups (broad SMARTS) is 1. The molecule has 2 aliphatic heterocycles.